The molecule has 32 heavy (non-hydrogen) atoms. The molecule has 8 nitrogen and oxygen atoms in total. The van der Waals surface area contributed by atoms with Crippen molar-refractivity contribution in [2.24, 2.45) is 0 Å². The van der Waals surface area contributed by atoms with Crippen LogP contribution < -0.4 is 0 Å². The third-order valence-corrected chi connectivity index (χ3v) is 6.81. The van der Waals surface area contributed by atoms with Crippen molar-refractivity contribution in [1.29, 1.82) is 0 Å². The summed E-state index contributed by atoms with van der Waals surface area (Å²) in [5.74, 6) is -0.207. The van der Waals surface area contributed by atoms with Gasteiger partial charge in [0, 0.05) is 41.2 Å². The second-order valence-electron chi connectivity index (χ2n) is 8.56. The zero-order valence-electron chi connectivity index (χ0n) is 17.9. The van der Waals surface area contributed by atoms with E-state index in [4.69, 9.17) is 0 Å². The van der Waals surface area contributed by atoms with Crippen LogP contribution in [0.2, 0.25) is 0 Å². The number of H-pyrrole nitrogens is 1. The monoisotopic (exact) mass is 432 g/mol. The number of aromatic amines is 1. The van der Waals surface area contributed by atoms with Crippen molar-refractivity contribution < 1.29 is 14.5 Å². The van der Waals surface area contributed by atoms with E-state index < -0.39 is 17.0 Å². The number of amides is 2. The van der Waals surface area contributed by atoms with E-state index in [1.54, 1.807) is 21.9 Å². The topological polar surface area (TPSA) is 99.5 Å². The van der Waals surface area contributed by atoms with E-state index in [2.05, 4.69) is 4.98 Å². The van der Waals surface area contributed by atoms with Gasteiger partial charge in [0.15, 0.2) is 0 Å². The van der Waals surface area contributed by atoms with Gasteiger partial charge in [-0.15, -0.1) is 0 Å². The van der Waals surface area contributed by atoms with Crippen LogP contribution >= 0.6 is 0 Å². The molecule has 1 fully saturated rings. The highest BCUT2D eigenvalue weighted by Crippen LogP contribution is 2.43. The Morgan fingerprint density at radius 3 is 2.72 bits per heavy atom. The zero-order chi connectivity index (χ0) is 22.6. The lowest BCUT2D eigenvalue weighted by molar-refractivity contribution is -0.384. The molecule has 2 amide bonds. The summed E-state index contributed by atoms with van der Waals surface area (Å²) in [5, 5.41) is 12.4. The van der Waals surface area contributed by atoms with Crippen molar-refractivity contribution in [3.63, 3.8) is 0 Å². The molecule has 5 rings (SSSR count). The molecule has 0 radical (unpaired) electrons. The summed E-state index contributed by atoms with van der Waals surface area (Å²) in [7, 11) is 0. The summed E-state index contributed by atoms with van der Waals surface area (Å²) in [6, 6.07) is 12.9. The fourth-order valence-electron chi connectivity index (χ4n) is 5.03. The van der Waals surface area contributed by atoms with E-state index >= 15 is 0 Å². The predicted octanol–water partition coefficient (Wildman–Crippen LogP) is 3.56. The lowest BCUT2D eigenvalue weighted by Gasteiger charge is -2.48. The van der Waals surface area contributed by atoms with Crippen LogP contribution in [0.15, 0.2) is 48.5 Å². The van der Waals surface area contributed by atoms with E-state index in [-0.39, 0.29) is 30.1 Å². The number of nitro groups is 1. The highest BCUT2D eigenvalue weighted by atomic mass is 16.6. The lowest BCUT2D eigenvalue weighted by Crippen LogP contribution is -2.64. The first kappa shape index (κ1) is 20.2. The molecule has 3 aromatic rings. The Hall–Kier alpha value is -3.68. The summed E-state index contributed by atoms with van der Waals surface area (Å²) < 4.78 is 0. The molecule has 0 unspecified atom stereocenters. The fraction of sp³-hybridized carbons (Fsp3) is 0.333. The third kappa shape index (κ3) is 2.97. The molecule has 3 heterocycles. The average Bonchev–Trinajstić information content (AvgIpc) is 3.18. The summed E-state index contributed by atoms with van der Waals surface area (Å²) in [6.45, 7) is 3.98. The third-order valence-electron chi connectivity index (χ3n) is 6.81. The number of carbonyl (C=O) groups excluding carboxylic acids is 2. The number of hydrogen-bond acceptors (Lipinski definition) is 4. The first-order chi connectivity index (χ1) is 15.4. The molecule has 1 saturated heterocycles. The van der Waals surface area contributed by atoms with Crippen LogP contribution in [0.5, 0.6) is 0 Å². The van der Waals surface area contributed by atoms with Gasteiger partial charge in [0.05, 0.1) is 11.0 Å². The number of nitrogens with one attached hydrogen (secondary N) is 1. The van der Waals surface area contributed by atoms with E-state index in [0.717, 1.165) is 28.6 Å². The molecule has 2 aromatic carbocycles. The molecular formula is C24H24N4O4. The quantitative estimate of drug-likeness (QED) is 0.503. The van der Waals surface area contributed by atoms with Gasteiger partial charge in [0.25, 0.3) is 5.69 Å². The molecule has 0 saturated carbocycles. The van der Waals surface area contributed by atoms with Crippen LogP contribution in [0.1, 0.15) is 43.1 Å². The Bertz CT molecular complexity index is 1250. The number of piperazine rings is 1. The van der Waals surface area contributed by atoms with Crippen LogP contribution in [-0.4, -0.2) is 50.1 Å². The fourth-order valence-corrected chi connectivity index (χ4v) is 5.03. The molecule has 0 aliphatic carbocycles. The Labute approximate surface area is 185 Å². The van der Waals surface area contributed by atoms with Crippen molar-refractivity contribution in [3.05, 3.63) is 75.5 Å². The maximum Gasteiger partial charge on any atom is 0.269 e. The maximum atomic E-state index is 13.5. The number of nitro benzene ring substituents is 1. The molecule has 3 atom stereocenters. The Kier molecular flexibility index (Phi) is 4.73. The van der Waals surface area contributed by atoms with Crippen molar-refractivity contribution in [1.82, 2.24) is 14.8 Å². The van der Waals surface area contributed by atoms with Gasteiger partial charge >= 0.3 is 0 Å². The van der Waals surface area contributed by atoms with Gasteiger partial charge in [-0.05, 0) is 30.5 Å². The zero-order valence-corrected chi connectivity index (χ0v) is 17.9. The molecule has 164 valence electrons. The lowest BCUT2D eigenvalue weighted by atomic mass is 9.85. The maximum absolute atomic E-state index is 13.5. The minimum Gasteiger partial charge on any atom is -0.356 e. The SMILES string of the molecule is CC[C@@H](C)N1CC(=O)N2[C@H](c3cccc([N+](=O)[O-])c3)c3[nH]c4ccccc4c3C[C@H]2C1=O. The summed E-state index contributed by atoms with van der Waals surface area (Å²) in [6.07, 6.45) is 1.18. The van der Waals surface area contributed by atoms with Gasteiger partial charge in [-0.25, -0.2) is 0 Å². The van der Waals surface area contributed by atoms with E-state index in [1.807, 2.05) is 38.1 Å². The van der Waals surface area contributed by atoms with Crippen molar-refractivity contribution >= 4 is 28.4 Å². The van der Waals surface area contributed by atoms with Gasteiger partial charge in [-0.1, -0.05) is 37.3 Å². The van der Waals surface area contributed by atoms with Crippen LogP contribution in [-0.2, 0) is 16.0 Å². The van der Waals surface area contributed by atoms with E-state index in [9.17, 15) is 19.7 Å². The van der Waals surface area contributed by atoms with Gasteiger partial charge in [0.2, 0.25) is 11.8 Å². The largest absolute Gasteiger partial charge is 0.356 e. The molecule has 2 aliphatic rings. The number of benzene rings is 2. The van der Waals surface area contributed by atoms with E-state index in [1.165, 1.54) is 12.1 Å². The molecule has 0 spiro atoms. The number of carbonyl (C=O) groups is 2. The molecule has 1 aromatic heterocycles. The number of non-ortho nitro benzene ring substituents is 1. The van der Waals surface area contributed by atoms with Gasteiger partial charge in [0.1, 0.15) is 12.6 Å². The summed E-state index contributed by atoms with van der Waals surface area (Å²) in [4.78, 5) is 44.7. The minimum absolute atomic E-state index is 0.0192. The van der Waals surface area contributed by atoms with Crippen molar-refractivity contribution in [2.75, 3.05) is 6.54 Å². The number of nitrogens with zero attached hydrogens (tertiary/aromatic N) is 3. The molecular weight excluding hydrogens is 408 g/mol. The minimum atomic E-state index is -0.638. The van der Waals surface area contributed by atoms with Crippen LogP contribution in [0.25, 0.3) is 10.9 Å². The molecule has 2 aliphatic heterocycles. The van der Waals surface area contributed by atoms with Gasteiger partial charge < -0.3 is 14.8 Å². The summed E-state index contributed by atoms with van der Waals surface area (Å²) in [5.41, 5.74) is 3.31. The number of para-hydroxylation sites is 1. The standard InChI is InChI=1S/C24H24N4O4/c1-3-14(2)26-13-21(29)27-20(24(26)30)12-18-17-9-4-5-10-19(17)25-22(18)23(27)15-7-6-8-16(11-15)28(31)32/h4-11,14,20,23,25H,3,12-13H2,1-2H3/t14-,20+,23-/m1/s1. The second-order valence-corrected chi connectivity index (χ2v) is 8.56. The number of hydrogen-bond donors (Lipinski definition) is 1. The number of fused-ring (bicyclic) bond motifs is 4. The average molecular weight is 432 g/mol. The van der Waals surface area contributed by atoms with Crippen LogP contribution in [0, 0.1) is 10.1 Å². The first-order valence-corrected chi connectivity index (χ1v) is 10.9. The highest BCUT2D eigenvalue weighted by molar-refractivity contribution is 5.97. The smallest absolute Gasteiger partial charge is 0.269 e. The molecule has 1 N–H and O–H groups in total. The Morgan fingerprint density at radius 2 is 1.97 bits per heavy atom. The first-order valence-electron chi connectivity index (χ1n) is 10.9. The van der Waals surface area contributed by atoms with Gasteiger partial charge in [-0.2, -0.15) is 0 Å². The number of rotatable bonds is 4. The Balaban J connectivity index is 1.71. The number of aromatic nitrogens is 1. The molecule has 0 bridgehead atoms. The highest BCUT2D eigenvalue weighted by Gasteiger charge is 2.49. The van der Waals surface area contributed by atoms with Gasteiger partial charge in [-0.3, -0.25) is 19.7 Å². The van der Waals surface area contributed by atoms with Crippen LogP contribution in [0.3, 0.4) is 0 Å². The normalized spacial score (nSPS) is 21.4. The summed E-state index contributed by atoms with van der Waals surface area (Å²) >= 11 is 0. The Morgan fingerprint density at radius 1 is 1.19 bits per heavy atom. The second kappa shape index (κ2) is 7.47. The molecule has 8 heteroatoms. The van der Waals surface area contributed by atoms with E-state index in [0.29, 0.717) is 12.0 Å². The van der Waals surface area contributed by atoms with Crippen LogP contribution in [0.4, 0.5) is 5.69 Å². The van der Waals surface area contributed by atoms with Crippen molar-refractivity contribution in [2.45, 2.75) is 44.8 Å². The van der Waals surface area contributed by atoms with Crippen molar-refractivity contribution in [3.8, 4) is 0 Å². The predicted molar refractivity (Wildman–Crippen MR) is 119 cm³/mol.